The maximum absolute atomic E-state index is 13.1. The number of anilines is 2. The number of piperazine rings is 1. The van der Waals surface area contributed by atoms with Crippen LogP contribution in [-0.4, -0.2) is 25.5 Å². The molecule has 0 unspecified atom stereocenters. The summed E-state index contributed by atoms with van der Waals surface area (Å²) in [6.45, 7) is 1.55. The molecule has 2 aromatic carbocycles. The smallest absolute Gasteiger partial charge is 0.379 e. The molecule has 0 spiro atoms. The summed E-state index contributed by atoms with van der Waals surface area (Å²) >= 11 is 0. The Balaban J connectivity index is 1.89. The fourth-order valence-electron chi connectivity index (χ4n) is 2.77. The molecule has 0 radical (unpaired) electrons. The van der Waals surface area contributed by atoms with Crippen LogP contribution in [0.15, 0.2) is 48.5 Å². The maximum Gasteiger partial charge on any atom is 0.416 e. The zero-order valence-corrected chi connectivity index (χ0v) is 13.4. The van der Waals surface area contributed by atoms with Crippen LogP contribution in [0.5, 0.6) is 0 Å². The number of benzene rings is 2. The average Bonchev–Trinajstić information content (AvgIpc) is 2.60. The highest BCUT2D eigenvalue weighted by atomic mass is 19.4. The predicted molar refractivity (Wildman–Crippen MR) is 90.4 cm³/mol. The van der Waals surface area contributed by atoms with Gasteiger partial charge in [-0.2, -0.15) is 13.2 Å². The predicted octanol–water partition coefficient (Wildman–Crippen LogP) is 3.25. The van der Waals surface area contributed by atoms with E-state index in [1.807, 2.05) is 30.3 Å². The summed E-state index contributed by atoms with van der Waals surface area (Å²) in [6, 6.07) is 13.0. The molecule has 0 aliphatic carbocycles. The van der Waals surface area contributed by atoms with Gasteiger partial charge in [0.05, 0.1) is 23.5 Å². The number of amides is 1. The Morgan fingerprint density at radius 1 is 1.12 bits per heavy atom. The monoisotopic (exact) mass is 349 g/mol. The molecule has 0 atom stereocenters. The molecule has 25 heavy (non-hydrogen) atoms. The van der Waals surface area contributed by atoms with E-state index < -0.39 is 11.7 Å². The summed E-state index contributed by atoms with van der Waals surface area (Å²) < 4.78 is 39.2. The lowest BCUT2D eigenvalue weighted by atomic mass is 10.1. The maximum atomic E-state index is 13.1. The van der Waals surface area contributed by atoms with Gasteiger partial charge >= 0.3 is 6.18 Å². The zero-order chi connectivity index (χ0) is 17.9. The fraction of sp³-hybridized carbons (Fsp3) is 0.278. The van der Waals surface area contributed by atoms with Gasteiger partial charge in [-0.25, -0.2) is 0 Å². The van der Waals surface area contributed by atoms with E-state index in [-0.39, 0.29) is 12.5 Å². The van der Waals surface area contributed by atoms with Crippen molar-refractivity contribution in [2.75, 3.05) is 29.9 Å². The molecule has 7 heteroatoms. The molecule has 2 N–H and O–H groups in total. The molecule has 0 aromatic heterocycles. The SMILES string of the molecule is O=C1CN(c2ccc(C(F)(F)F)cc2NCc2ccccc2)CCN1. The molecular formula is C18H18F3N3O. The number of nitrogens with one attached hydrogen (secondary N) is 2. The lowest BCUT2D eigenvalue weighted by molar-refractivity contribution is -0.137. The first-order chi connectivity index (χ1) is 11.9. The topological polar surface area (TPSA) is 44.4 Å². The molecule has 0 bridgehead atoms. The molecular weight excluding hydrogens is 331 g/mol. The van der Waals surface area contributed by atoms with Gasteiger partial charge in [-0.05, 0) is 23.8 Å². The number of nitrogens with zero attached hydrogens (tertiary/aromatic N) is 1. The van der Waals surface area contributed by atoms with Crippen molar-refractivity contribution in [1.82, 2.24) is 5.32 Å². The van der Waals surface area contributed by atoms with Crippen molar-refractivity contribution in [1.29, 1.82) is 0 Å². The average molecular weight is 349 g/mol. The molecule has 132 valence electrons. The Morgan fingerprint density at radius 2 is 1.88 bits per heavy atom. The standard InChI is InChI=1S/C18H18F3N3O/c19-18(20,21)14-6-7-16(24-9-8-22-17(25)12-24)15(10-14)23-11-13-4-2-1-3-5-13/h1-7,10,23H,8-9,11-12H2,(H,22,25). The number of carbonyl (C=O) groups is 1. The van der Waals surface area contributed by atoms with E-state index in [2.05, 4.69) is 10.6 Å². The number of halogens is 3. The number of hydrogen-bond acceptors (Lipinski definition) is 3. The first kappa shape index (κ1) is 17.1. The first-order valence-electron chi connectivity index (χ1n) is 7.94. The van der Waals surface area contributed by atoms with Crippen LogP contribution in [0, 0.1) is 0 Å². The van der Waals surface area contributed by atoms with Crippen LogP contribution in [0.1, 0.15) is 11.1 Å². The highest BCUT2D eigenvalue weighted by molar-refractivity contribution is 5.85. The van der Waals surface area contributed by atoms with Gasteiger partial charge in [0.1, 0.15) is 0 Å². The van der Waals surface area contributed by atoms with Crippen LogP contribution in [0.2, 0.25) is 0 Å². The van der Waals surface area contributed by atoms with Crippen molar-refractivity contribution in [2.45, 2.75) is 12.7 Å². The number of alkyl halides is 3. The Hall–Kier alpha value is -2.70. The van der Waals surface area contributed by atoms with Gasteiger partial charge in [-0.1, -0.05) is 30.3 Å². The highest BCUT2D eigenvalue weighted by Gasteiger charge is 2.31. The van der Waals surface area contributed by atoms with Gasteiger partial charge in [-0.15, -0.1) is 0 Å². The Kier molecular flexibility index (Phi) is 4.83. The van der Waals surface area contributed by atoms with Crippen molar-refractivity contribution in [3.8, 4) is 0 Å². The van der Waals surface area contributed by atoms with Crippen LogP contribution < -0.4 is 15.5 Å². The minimum Gasteiger partial charge on any atom is -0.379 e. The minimum absolute atomic E-state index is 0.130. The van der Waals surface area contributed by atoms with Crippen molar-refractivity contribution < 1.29 is 18.0 Å². The third kappa shape index (κ3) is 4.23. The Bertz CT molecular complexity index is 747. The van der Waals surface area contributed by atoms with Crippen molar-refractivity contribution >= 4 is 17.3 Å². The molecule has 2 aromatic rings. The van der Waals surface area contributed by atoms with Crippen molar-refractivity contribution in [2.24, 2.45) is 0 Å². The van der Waals surface area contributed by atoms with Gasteiger partial charge in [0, 0.05) is 19.6 Å². The van der Waals surface area contributed by atoms with Crippen LogP contribution in [-0.2, 0) is 17.5 Å². The van der Waals surface area contributed by atoms with Gasteiger partial charge in [-0.3, -0.25) is 4.79 Å². The molecule has 0 saturated carbocycles. The molecule has 1 aliphatic heterocycles. The number of carbonyl (C=O) groups excluding carboxylic acids is 1. The molecule has 4 nitrogen and oxygen atoms in total. The van der Waals surface area contributed by atoms with E-state index in [1.165, 1.54) is 6.07 Å². The van der Waals surface area contributed by atoms with Crippen molar-refractivity contribution in [3.05, 3.63) is 59.7 Å². The largest absolute Gasteiger partial charge is 0.416 e. The van der Waals surface area contributed by atoms with Gasteiger partial charge in [0.25, 0.3) is 0 Å². The summed E-state index contributed by atoms with van der Waals surface area (Å²) in [7, 11) is 0. The molecule has 3 rings (SSSR count). The molecule has 1 heterocycles. The zero-order valence-electron chi connectivity index (χ0n) is 13.4. The lowest BCUT2D eigenvalue weighted by Crippen LogP contribution is -2.47. The summed E-state index contributed by atoms with van der Waals surface area (Å²) in [5.74, 6) is -0.139. The molecule has 1 fully saturated rings. The number of hydrogen-bond donors (Lipinski definition) is 2. The summed E-state index contributed by atoms with van der Waals surface area (Å²) in [6.07, 6.45) is -4.42. The third-order valence-corrected chi connectivity index (χ3v) is 4.03. The third-order valence-electron chi connectivity index (χ3n) is 4.03. The van der Waals surface area contributed by atoms with E-state index in [0.29, 0.717) is 31.0 Å². The summed E-state index contributed by atoms with van der Waals surface area (Å²) in [5.41, 5.74) is 1.21. The van der Waals surface area contributed by atoms with Crippen LogP contribution >= 0.6 is 0 Å². The second kappa shape index (κ2) is 7.04. The number of rotatable bonds is 4. The summed E-state index contributed by atoms with van der Waals surface area (Å²) in [4.78, 5) is 13.4. The van der Waals surface area contributed by atoms with Gasteiger partial charge < -0.3 is 15.5 Å². The van der Waals surface area contributed by atoms with Crippen LogP contribution in [0.3, 0.4) is 0 Å². The van der Waals surface area contributed by atoms with E-state index in [4.69, 9.17) is 0 Å². The van der Waals surface area contributed by atoms with E-state index in [9.17, 15) is 18.0 Å². The van der Waals surface area contributed by atoms with Crippen LogP contribution in [0.4, 0.5) is 24.5 Å². The Morgan fingerprint density at radius 3 is 2.56 bits per heavy atom. The quantitative estimate of drug-likeness (QED) is 0.891. The van der Waals surface area contributed by atoms with E-state index in [0.717, 1.165) is 17.7 Å². The van der Waals surface area contributed by atoms with E-state index >= 15 is 0 Å². The van der Waals surface area contributed by atoms with Crippen LogP contribution in [0.25, 0.3) is 0 Å². The second-order valence-electron chi connectivity index (χ2n) is 5.84. The first-order valence-corrected chi connectivity index (χ1v) is 7.94. The Labute approximate surface area is 143 Å². The molecule has 1 amide bonds. The molecule has 1 saturated heterocycles. The van der Waals surface area contributed by atoms with Gasteiger partial charge in [0.15, 0.2) is 0 Å². The minimum atomic E-state index is -4.42. The lowest BCUT2D eigenvalue weighted by Gasteiger charge is -2.31. The molecule has 1 aliphatic rings. The van der Waals surface area contributed by atoms with Crippen molar-refractivity contribution in [3.63, 3.8) is 0 Å². The second-order valence-corrected chi connectivity index (χ2v) is 5.84. The van der Waals surface area contributed by atoms with Gasteiger partial charge in [0.2, 0.25) is 5.91 Å². The summed E-state index contributed by atoms with van der Waals surface area (Å²) in [5, 5.41) is 5.79. The van der Waals surface area contributed by atoms with E-state index in [1.54, 1.807) is 4.90 Å². The normalized spacial score (nSPS) is 15.0. The fourth-order valence-corrected chi connectivity index (χ4v) is 2.77. The highest BCUT2D eigenvalue weighted by Crippen LogP contribution is 2.35.